The molecule has 20 nitrogen and oxygen atoms in total. The maximum Gasteiger partial charge on any atom is 0.407 e. The first-order valence-electron chi connectivity index (χ1n) is 23.5. The van der Waals surface area contributed by atoms with E-state index in [2.05, 4.69) is 43.8 Å². The van der Waals surface area contributed by atoms with E-state index in [-0.39, 0.29) is 76.2 Å². The maximum absolute atomic E-state index is 13.6. The highest BCUT2D eigenvalue weighted by atomic mass is 16.6. The van der Waals surface area contributed by atoms with Gasteiger partial charge in [0.15, 0.2) is 6.10 Å². The number of hydrogen-bond acceptors (Lipinski definition) is 13. The van der Waals surface area contributed by atoms with Gasteiger partial charge in [-0.2, -0.15) is 0 Å². The van der Waals surface area contributed by atoms with Crippen LogP contribution in [0.1, 0.15) is 90.8 Å². The lowest BCUT2D eigenvalue weighted by atomic mass is 9.90. The lowest BCUT2D eigenvalue weighted by Crippen LogP contribution is -2.52. The number of carbonyl (C=O) groups is 8. The molecule has 1 heterocycles. The van der Waals surface area contributed by atoms with Gasteiger partial charge in [-0.3, -0.25) is 24.0 Å². The zero-order valence-electron chi connectivity index (χ0n) is 41.3. The largest absolute Gasteiger partial charge is 0.459 e. The summed E-state index contributed by atoms with van der Waals surface area (Å²) in [7, 11) is 0. The average Bonchev–Trinajstić information content (AvgIpc) is 3.30. The van der Waals surface area contributed by atoms with Crippen LogP contribution in [0.15, 0.2) is 73.5 Å². The summed E-state index contributed by atoms with van der Waals surface area (Å²) in [4.78, 5) is 102. The lowest BCUT2D eigenvalue weighted by molar-refractivity contribution is -0.180. The van der Waals surface area contributed by atoms with Crippen molar-refractivity contribution in [1.82, 2.24) is 31.9 Å². The van der Waals surface area contributed by atoms with Gasteiger partial charge in [-0.15, -0.1) is 0 Å². The first-order valence-corrected chi connectivity index (χ1v) is 23.5. The highest BCUT2D eigenvalue weighted by molar-refractivity contribution is 5.98. The Hall–Kier alpha value is -6.96. The van der Waals surface area contributed by atoms with Crippen LogP contribution in [0.2, 0.25) is 0 Å². The molecule has 0 fully saturated rings. The molecule has 0 spiro atoms. The van der Waals surface area contributed by atoms with E-state index >= 15 is 0 Å². The molecule has 6 atom stereocenters. The molecule has 1 aliphatic rings. The number of urea groups is 1. The van der Waals surface area contributed by atoms with Gasteiger partial charge in [0.2, 0.25) is 23.6 Å². The van der Waals surface area contributed by atoms with Gasteiger partial charge >= 0.3 is 24.1 Å². The molecular formula is C50H72N8O12. The Morgan fingerprint density at radius 3 is 2.20 bits per heavy atom. The number of carbonyl (C=O) groups excluding carboxylic acids is 8. The van der Waals surface area contributed by atoms with E-state index in [9.17, 15) is 43.5 Å². The molecule has 2 aromatic carbocycles. The second-order valence-corrected chi connectivity index (χ2v) is 18.7. The summed E-state index contributed by atoms with van der Waals surface area (Å²) in [5.41, 5.74) is 6.55. The number of esters is 2. The van der Waals surface area contributed by atoms with Crippen molar-refractivity contribution in [3.05, 3.63) is 90.2 Å². The van der Waals surface area contributed by atoms with Crippen molar-refractivity contribution in [1.29, 1.82) is 0 Å². The number of ether oxygens (including phenoxy) is 3. The zero-order valence-corrected chi connectivity index (χ0v) is 41.3. The Morgan fingerprint density at radius 1 is 0.914 bits per heavy atom. The van der Waals surface area contributed by atoms with Crippen molar-refractivity contribution in [3.63, 3.8) is 0 Å². The molecule has 1 aliphatic heterocycles. The van der Waals surface area contributed by atoms with Crippen molar-refractivity contribution < 1.29 is 57.7 Å². The number of primary amides is 1. The van der Waals surface area contributed by atoms with Gasteiger partial charge in [0, 0.05) is 37.7 Å². The summed E-state index contributed by atoms with van der Waals surface area (Å²) in [5.74, 6) is -4.19. The number of nitrogens with one attached hydrogen (secondary N) is 7. The predicted octanol–water partition coefficient (Wildman–Crippen LogP) is 3.37. The number of cyclic esters (lactones) is 2. The zero-order chi connectivity index (χ0) is 52.0. The number of anilines is 1. The van der Waals surface area contributed by atoms with E-state index in [1.165, 1.54) is 18.4 Å². The van der Waals surface area contributed by atoms with Gasteiger partial charge in [0.1, 0.15) is 24.8 Å². The van der Waals surface area contributed by atoms with Gasteiger partial charge in [0.05, 0.1) is 18.1 Å². The molecule has 0 saturated heterocycles. The van der Waals surface area contributed by atoms with E-state index in [4.69, 9.17) is 19.9 Å². The first-order chi connectivity index (χ1) is 33.1. The van der Waals surface area contributed by atoms with E-state index in [0.717, 1.165) is 11.1 Å². The van der Waals surface area contributed by atoms with Crippen LogP contribution < -0.4 is 43.0 Å². The molecular weight excluding hydrogens is 905 g/mol. The monoisotopic (exact) mass is 977 g/mol. The van der Waals surface area contributed by atoms with E-state index in [1.54, 1.807) is 69.3 Å². The molecule has 3 rings (SSSR count). The molecule has 2 aromatic rings. The lowest BCUT2D eigenvalue weighted by Gasteiger charge is -2.30. The van der Waals surface area contributed by atoms with E-state index in [1.807, 2.05) is 27.7 Å². The van der Waals surface area contributed by atoms with Crippen LogP contribution in [0.4, 0.5) is 15.3 Å². The Morgan fingerprint density at radius 2 is 1.57 bits per heavy atom. The van der Waals surface area contributed by atoms with Gasteiger partial charge in [-0.25, -0.2) is 14.4 Å². The Bertz CT molecular complexity index is 2130. The average molecular weight is 977 g/mol. The molecule has 0 radical (unpaired) electrons. The minimum absolute atomic E-state index is 0.0414. The van der Waals surface area contributed by atoms with Crippen LogP contribution in [-0.2, 0) is 62.6 Å². The Labute approximate surface area is 410 Å². The fourth-order valence-electron chi connectivity index (χ4n) is 7.00. The number of hydrogen-bond donors (Lipinski definition) is 9. The summed E-state index contributed by atoms with van der Waals surface area (Å²) >= 11 is 0. The smallest absolute Gasteiger partial charge is 0.407 e. The van der Waals surface area contributed by atoms with Crippen LogP contribution in [0, 0.1) is 23.2 Å². The van der Waals surface area contributed by atoms with Crippen molar-refractivity contribution in [3.8, 4) is 0 Å². The van der Waals surface area contributed by atoms with E-state index < -0.39 is 83.5 Å². The summed E-state index contributed by atoms with van der Waals surface area (Å²) < 4.78 is 17.0. The third kappa shape index (κ3) is 20.3. The van der Waals surface area contributed by atoms with Gasteiger partial charge in [0.25, 0.3) is 0 Å². The van der Waals surface area contributed by atoms with Gasteiger partial charge in [-0.1, -0.05) is 83.7 Å². The molecule has 1 unspecified atom stereocenters. The van der Waals surface area contributed by atoms with Crippen LogP contribution in [0.3, 0.4) is 0 Å². The minimum atomic E-state index is -1.25. The van der Waals surface area contributed by atoms with Crippen molar-refractivity contribution in [2.24, 2.45) is 28.9 Å². The molecule has 10 N–H and O–H groups in total. The van der Waals surface area contributed by atoms with Crippen molar-refractivity contribution in [2.45, 2.75) is 124 Å². The number of amides is 7. The SMILES string of the molecule is C=CNC(C(=O)N[C@@H](CCCNC(N)=O)C(=O)Nc1ccc(COC(=O)NCc2ccc(C[C@@H](O)[C@@H](C)[C@@H]3C/C=C/C(=O)NCC(=O)NCC(C)(C)C(=O)O[C@@H](CC(C)C)C(=O)O3)cc2)cc1)C(C)C. The topological polar surface area (TPSA) is 295 Å². The van der Waals surface area contributed by atoms with E-state index in [0.29, 0.717) is 17.7 Å². The number of aliphatic hydroxyl groups excluding tert-OH is 1. The molecule has 0 saturated carbocycles. The van der Waals surface area contributed by atoms with Gasteiger partial charge in [-0.05, 0) is 92.5 Å². The summed E-state index contributed by atoms with van der Waals surface area (Å²) in [5, 5.41) is 30.1. The summed E-state index contributed by atoms with van der Waals surface area (Å²) in [6.45, 7) is 15.8. The second-order valence-electron chi connectivity index (χ2n) is 18.7. The van der Waals surface area contributed by atoms with Crippen molar-refractivity contribution >= 4 is 53.4 Å². The number of nitrogens with two attached hydrogens (primary N) is 1. The quantitative estimate of drug-likeness (QED) is 0.0493. The molecule has 384 valence electrons. The normalized spacial score (nSPS) is 18.8. The first kappa shape index (κ1) is 57.4. The highest BCUT2D eigenvalue weighted by Gasteiger charge is 2.37. The number of rotatable bonds is 21. The van der Waals surface area contributed by atoms with Crippen LogP contribution in [0.25, 0.3) is 0 Å². The Balaban J connectivity index is 1.57. The third-order valence-corrected chi connectivity index (χ3v) is 11.3. The van der Waals surface area contributed by atoms with Crippen molar-refractivity contribution in [2.75, 3.05) is 25.0 Å². The van der Waals surface area contributed by atoms with Crippen LogP contribution in [-0.4, -0.2) is 103 Å². The fourth-order valence-corrected chi connectivity index (χ4v) is 7.00. The molecule has 0 aromatic heterocycles. The number of benzene rings is 2. The third-order valence-electron chi connectivity index (χ3n) is 11.3. The molecule has 0 aliphatic carbocycles. The second kappa shape index (κ2) is 28.5. The summed E-state index contributed by atoms with van der Waals surface area (Å²) in [6, 6.07) is 11.6. The van der Waals surface area contributed by atoms with Gasteiger partial charge < -0.3 is 62.3 Å². The maximum atomic E-state index is 13.6. The standard InChI is InChI=1S/C50H72N8O12/c1-9-52-43(31(4)5)45(63)58-37(12-11-23-53-48(51)66)44(62)57-36-21-19-35(20-22-36)28-68-49(67)55-26-34-17-15-33(16-18-34)25-38(59)32(6)39-13-10-14-41(60)54-27-42(61)56-29-50(7,8)47(65)70-40(24-30(2)3)46(64)69-39/h9-10,14-22,30-32,37-40,43,52,59H,1,11-13,23-29H2,2-8H3,(H,54,60)(H,55,67)(H,56,61)(H,57,62)(H,58,63)(H3,51,53,66)/b14-10+/t32-,37+,38-,39+,40+,43?/m1/s1. The Kier molecular flexibility index (Phi) is 23.4. The fraction of sp³-hybridized carbons (Fsp3) is 0.520. The number of alkyl carbamates (subject to hydrolysis) is 1. The molecule has 0 bridgehead atoms. The van der Waals surface area contributed by atoms with Crippen LogP contribution >= 0.6 is 0 Å². The summed E-state index contributed by atoms with van der Waals surface area (Å²) in [6.07, 6.45) is 1.26. The molecule has 7 amide bonds. The molecule has 20 heteroatoms. The van der Waals surface area contributed by atoms with Crippen LogP contribution in [0.5, 0.6) is 0 Å². The number of aliphatic hydroxyl groups is 1. The minimum Gasteiger partial charge on any atom is -0.459 e. The predicted molar refractivity (Wildman–Crippen MR) is 261 cm³/mol. The molecule has 70 heavy (non-hydrogen) atoms. The highest BCUT2D eigenvalue weighted by Crippen LogP contribution is 2.25.